The Morgan fingerprint density at radius 1 is 0.938 bits per heavy atom. The topological polar surface area (TPSA) is 97.0 Å². The van der Waals surface area contributed by atoms with Gasteiger partial charge in [0.1, 0.15) is 12.5 Å². The molecule has 7 heteroatoms. The summed E-state index contributed by atoms with van der Waals surface area (Å²) in [6, 6.07) is 1.72. The molecule has 0 aromatic rings. The van der Waals surface area contributed by atoms with Crippen LogP contribution in [-0.2, 0) is 0 Å². The van der Waals surface area contributed by atoms with Crippen LogP contribution in [-0.4, -0.2) is 89.9 Å². The van der Waals surface area contributed by atoms with Gasteiger partial charge in [0.2, 0.25) is 0 Å². The zero-order valence-corrected chi connectivity index (χ0v) is 21.0. The number of unbranched alkanes of at least 4 members (excludes halogenated alkanes) is 2. The minimum atomic E-state index is -0.498. The Kier molecular flexibility index (Phi) is 10.2. The number of nitrogens with zero attached hydrogens (tertiary/aromatic N) is 2. The number of aliphatic hydroxyl groups excluding tert-OH is 2. The van der Waals surface area contributed by atoms with E-state index in [1.165, 1.54) is 25.7 Å². The van der Waals surface area contributed by atoms with E-state index in [4.69, 9.17) is 5.73 Å². The van der Waals surface area contributed by atoms with E-state index in [-0.39, 0.29) is 18.1 Å². The van der Waals surface area contributed by atoms with Crippen LogP contribution in [0.4, 0.5) is 0 Å². The summed E-state index contributed by atoms with van der Waals surface area (Å²) in [4.78, 5) is 4.91. The van der Waals surface area contributed by atoms with Gasteiger partial charge in [0, 0.05) is 30.7 Å². The maximum absolute atomic E-state index is 10.9. The molecule has 1 heterocycles. The van der Waals surface area contributed by atoms with Gasteiger partial charge in [-0.05, 0) is 90.3 Å². The third kappa shape index (κ3) is 7.11. The van der Waals surface area contributed by atoms with Crippen LogP contribution in [0.25, 0.3) is 0 Å². The zero-order chi connectivity index (χ0) is 23.3. The summed E-state index contributed by atoms with van der Waals surface area (Å²) in [5.41, 5.74) is 6.22. The van der Waals surface area contributed by atoms with Crippen LogP contribution >= 0.6 is 0 Å². The summed E-state index contributed by atoms with van der Waals surface area (Å²) in [7, 11) is 4.42. The first-order valence-electron chi connectivity index (χ1n) is 13.3. The number of fused-ring (bicyclic) bond motifs is 1. The molecule has 1 saturated heterocycles. The average molecular weight is 454 g/mol. The molecule has 6 N–H and O–H groups in total. The Morgan fingerprint density at radius 3 is 2.44 bits per heavy atom. The van der Waals surface area contributed by atoms with Crippen molar-refractivity contribution in [2.24, 2.45) is 17.6 Å². The normalized spacial score (nSPS) is 38.9. The van der Waals surface area contributed by atoms with E-state index < -0.39 is 12.5 Å². The molecule has 0 amide bonds. The summed E-state index contributed by atoms with van der Waals surface area (Å²) in [6.07, 6.45) is 9.98. The van der Waals surface area contributed by atoms with Gasteiger partial charge in [-0.3, -0.25) is 15.5 Å². The first-order valence-corrected chi connectivity index (χ1v) is 13.3. The van der Waals surface area contributed by atoms with Crippen LogP contribution in [0.5, 0.6) is 0 Å². The lowest BCUT2D eigenvalue weighted by Gasteiger charge is -2.53. The van der Waals surface area contributed by atoms with Gasteiger partial charge >= 0.3 is 0 Å². The van der Waals surface area contributed by atoms with Crippen molar-refractivity contribution in [1.82, 2.24) is 20.4 Å². The van der Waals surface area contributed by atoms with Crippen molar-refractivity contribution in [2.75, 3.05) is 27.2 Å². The number of likely N-dealkylation sites (N-methyl/N-ethyl adjacent to an activating group) is 2. The molecule has 7 nitrogen and oxygen atoms in total. The van der Waals surface area contributed by atoms with Gasteiger partial charge in [0.05, 0.1) is 6.04 Å². The van der Waals surface area contributed by atoms with Crippen molar-refractivity contribution >= 4 is 0 Å². The monoisotopic (exact) mass is 453 g/mol. The Morgan fingerprint density at radius 2 is 1.66 bits per heavy atom. The van der Waals surface area contributed by atoms with Gasteiger partial charge < -0.3 is 20.8 Å². The molecule has 188 valence electrons. The Bertz CT molecular complexity index is 552. The molecule has 3 aliphatic rings. The Hall–Kier alpha value is -0.280. The summed E-state index contributed by atoms with van der Waals surface area (Å²) in [5, 5.41) is 27.9. The Labute approximate surface area is 196 Å². The van der Waals surface area contributed by atoms with Gasteiger partial charge in [-0.15, -0.1) is 0 Å². The van der Waals surface area contributed by atoms with Gasteiger partial charge in [-0.2, -0.15) is 0 Å². The molecule has 9 atom stereocenters. The van der Waals surface area contributed by atoms with E-state index in [2.05, 4.69) is 48.4 Å². The third-order valence-corrected chi connectivity index (χ3v) is 8.58. The second-order valence-corrected chi connectivity index (χ2v) is 11.3. The SMILES string of the molecule is CC1CCC(N)C(NC(O)CCCCCNC(O)C2CN(C)C3CCC(C)CC3N2C)C1. The number of rotatable bonds is 10. The maximum atomic E-state index is 10.9. The minimum absolute atomic E-state index is 0.139. The molecule has 32 heavy (non-hydrogen) atoms. The van der Waals surface area contributed by atoms with Crippen LogP contribution in [0.2, 0.25) is 0 Å². The average Bonchev–Trinajstić information content (AvgIpc) is 2.75. The van der Waals surface area contributed by atoms with Gasteiger partial charge in [0.25, 0.3) is 0 Å². The quantitative estimate of drug-likeness (QED) is 0.254. The lowest BCUT2D eigenvalue weighted by molar-refractivity contribution is -0.0743. The smallest absolute Gasteiger partial charge is 0.121 e. The highest BCUT2D eigenvalue weighted by atomic mass is 16.3. The minimum Gasteiger partial charge on any atom is -0.379 e. The second kappa shape index (κ2) is 12.4. The fourth-order valence-corrected chi connectivity index (χ4v) is 6.37. The van der Waals surface area contributed by atoms with Gasteiger partial charge in [-0.25, -0.2) is 0 Å². The van der Waals surface area contributed by atoms with Crippen molar-refractivity contribution in [3.8, 4) is 0 Å². The van der Waals surface area contributed by atoms with Crippen LogP contribution in [0.1, 0.15) is 78.1 Å². The highest BCUT2D eigenvalue weighted by Gasteiger charge is 2.43. The maximum Gasteiger partial charge on any atom is 0.121 e. The molecule has 0 aromatic carbocycles. The molecule has 0 spiro atoms. The van der Waals surface area contributed by atoms with E-state index in [0.29, 0.717) is 18.0 Å². The molecule has 3 fully saturated rings. The fraction of sp³-hybridized carbons (Fsp3) is 1.00. The summed E-state index contributed by atoms with van der Waals surface area (Å²) in [6.45, 7) is 6.36. The summed E-state index contributed by atoms with van der Waals surface area (Å²) < 4.78 is 0. The van der Waals surface area contributed by atoms with Crippen molar-refractivity contribution in [2.45, 2.75) is 121 Å². The van der Waals surface area contributed by atoms with Crippen molar-refractivity contribution in [3.63, 3.8) is 0 Å². The fourth-order valence-electron chi connectivity index (χ4n) is 6.37. The number of nitrogens with two attached hydrogens (primary N) is 1. The molecular weight excluding hydrogens is 402 g/mol. The largest absolute Gasteiger partial charge is 0.379 e. The molecule has 1 aliphatic heterocycles. The highest BCUT2D eigenvalue weighted by molar-refractivity contribution is 4.98. The number of nitrogens with one attached hydrogen (secondary N) is 2. The van der Waals surface area contributed by atoms with E-state index in [1.54, 1.807) is 0 Å². The van der Waals surface area contributed by atoms with E-state index in [0.717, 1.165) is 57.5 Å². The van der Waals surface area contributed by atoms with E-state index in [9.17, 15) is 10.2 Å². The van der Waals surface area contributed by atoms with Crippen molar-refractivity contribution < 1.29 is 10.2 Å². The molecule has 0 aromatic heterocycles. The first-order chi connectivity index (χ1) is 15.3. The van der Waals surface area contributed by atoms with E-state index >= 15 is 0 Å². The molecule has 0 bridgehead atoms. The van der Waals surface area contributed by atoms with Crippen molar-refractivity contribution in [3.05, 3.63) is 0 Å². The van der Waals surface area contributed by atoms with E-state index in [1.807, 2.05) is 0 Å². The van der Waals surface area contributed by atoms with Gasteiger partial charge in [-0.1, -0.05) is 20.3 Å². The lowest BCUT2D eigenvalue weighted by Crippen LogP contribution is -2.67. The second-order valence-electron chi connectivity index (χ2n) is 11.3. The molecule has 3 rings (SSSR count). The standard InChI is InChI=1S/C25H51N5O2/c1-17-9-11-19(26)20(14-17)28-24(31)8-6-5-7-13-27-25(32)23-16-29(3)21-12-10-18(2)15-22(21)30(23)4/h17-25,27-28,31-32H,5-16,26H2,1-4H3. The zero-order valence-electron chi connectivity index (χ0n) is 21.0. The summed E-state index contributed by atoms with van der Waals surface area (Å²) >= 11 is 0. The predicted molar refractivity (Wildman–Crippen MR) is 131 cm³/mol. The summed E-state index contributed by atoms with van der Waals surface area (Å²) in [5.74, 6) is 1.46. The van der Waals surface area contributed by atoms with Crippen LogP contribution in [0.3, 0.4) is 0 Å². The number of hydrogen-bond donors (Lipinski definition) is 5. The molecule has 2 saturated carbocycles. The predicted octanol–water partition coefficient (Wildman–Crippen LogP) is 1.68. The lowest BCUT2D eigenvalue weighted by atomic mass is 9.79. The number of piperazine rings is 1. The van der Waals surface area contributed by atoms with Crippen LogP contribution in [0.15, 0.2) is 0 Å². The molecule has 2 aliphatic carbocycles. The highest BCUT2D eigenvalue weighted by Crippen LogP contribution is 2.34. The van der Waals surface area contributed by atoms with Crippen LogP contribution in [0, 0.1) is 11.8 Å². The van der Waals surface area contributed by atoms with Crippen LogP contribution < -0.4 is 16.4 Å². The van der Waals surface area contributed by atoms with Crippen molar-refractivity contribution in [1.29, 1.82) is 0 Å². The number of hydrogen-bond acceptors (Lipinski definition) is 7. The molecule has 9 unspecified atom stereocenters. The number of aliphatic hydroxyl groups is 2. The molecular formula is C25H51N5O2. The third-order valence-electron chi connectivity index (χ3n) is 8.58. The van der Waals surface area contributed by atoms with Gasteiger partial charge in [0.15, 0.2) is 0 Å². The molecule has 0 radical (unpaired) electrons. The Balaban J connectivity index is 1.30. The first kappa shape index (κ1) is 26.3.